The highest BCUT2D eigenvalue weighted by Crippen LogP contribution is 2.32. The molecule has 0 aromatic rings. The molecule has 0 spiro atoms. The first kappa shape index (κ1) is 15.3. The van der Waals surface area contributed by atoms with Gasteiger partial charge < -0.3 is 10.7 Å². The number of hydrazine groups is 1. The van der Waals surface area contributed by atoms with Gasteiger partial charge >= 0.3 is 0 Å². The lowest BCUT2D eigenvalue weighted by Crippen LogP contribution is -2.48. The van der Waals surface area contributed by atoms with Crippen LogP contribution >= 0.6 is 12.2 Å². The maximum Gasteiger partial charge on any atom is 0.185 e. The normalized spacial score (nSPS) is 22.9. The van der Waals surface area contributed by atoms with Crippen molar-refractivity contribution in [1.29, 1.82) is 0 Å². The van der Waals surface area contributed by atoms with Gasteiger partial charge in [0, 0.05) is 24.2 Å². The van der Waals surface area contributed by atoms with E-state index in [-0.39, 0.29) is 11.2 Å². The van der Waals surface area contributed by atoms with E-state index in [0.717, 1.165) is 12.1 Å². The van der Waals surface area contributed by atoms with Crippen molar-refractivity contribution in [2.45, 2.75) is 64.8 Å². The van der Waals surface area contributed by atoms with Crippen LogP contribution in [0.25, 0.3) is 0 Å². The van der Waals surface area contributed by atoms with E-state index in [2.05, 4.69) is 30.0 Å². The monoisotopic (exact) mass is 295 g/mol. The lowest BCUT2D eigenvalue weighted by Gasteiger charge is -2.30. The van der Waals surface area contributed by atoms with E-state index in [9.17, 15) is 4.79 Å². The molecule has 2 aliphatic rings. The van der Waals surface area contributed by atoms with Gasteiger partial charge in [0.15, 0.2) is 10.9 Å². The largest absolute Gasteiger partial charge is 0.359 e. The molecule has 0 heterocycles. The predicted molar refractivity (Wildman–Crippen MR) is 85.0 cm³/mol. The molecule has 0 aliphatic heterocycles. The van der Waals surface area contributed by atoms with Gasteiger partial charge in [-0.2, -0.15) is 0 Å². The van der Waals surface area contributed by atoms with Crippen molar-refractivity contribution >= 4 is 23.1 Å². The van der Waals surface area contributed by atoms with Gasteiger partial charge in [-0.15, -0.1) is 0 Å². The Hall–Kier alpha value is -1.10. The summed E-state index contributed by atoms with van der Waals surface area (Å²) in [6.07, 6.45) is 9.43. The Kier molecular flexibility index (Phi) is 5.02. The molecule has 0 aromatic carbocycles. The van der Waals surface area contributed by atoms with E-state index in [1.54, 1.807) is 6.08 Å². The van der Waals surface area contributed by atoms with Crippen LogP contribution in [0.15, 0.2) is 11.8 Å². The van der Waals surface area contributed by atoms with Crippen LogP contribution in [-0.2, 0) is 4.79 Å². The lowest BCUT2D eigenvalue weighted by atomic mass is 9.79. The summed E-state index contributed by atoms with van der Waals surface area (Å²) in [7, 11) is 0. The van der Waals surface area contributed by atoms with Crippen LogP contribution in [0.4, 0.5) is 0 Å². The van der Waals surface area contributed by atoms with Gasteiger partial charge in [-0.1, -0.05) is 33.1 Å². The second-order valence-electron chi connectivity index (χ2n) is 6.71. The van der Waals surface area contributed by atoms with Gasteiger partial charge in [0.2, 0.25) is 0 Å². The molecule has 4 nitrogen and oxygen atoms in total. The summed E-state index contributed by atoms with van der Waals surface area (Å²) in [6.45, 7) is 4.22. The third kappa shape index (κ3) is 4.78. The number of hydrogen-bond acceptors (Lipinski definition) is 3. The zero-order valence-electron chi connectivity index (χ0n) is 12.4. The van der Waals surface area contributed by atoms with Gasteiger partial charge in [0.25, 0.3) is 0 Å². The number of allylic oxidation sites excluding steroid dienone is 2. The maximum absolute atomic E-state index is 11.7. The highest BCUT2D eigenvalue weighted by molar-refractivity contribution is 7.80. The fourth-order valence-corrected chi connectivity index (χ4v) is 3.25. The Balaban J connectivity index is 1.76. The Labute approximate surface area is 126 Å². The van der Waals surface area contributed by atoms with Gasteiger partial charge in [0.1, 0.15) is 0 Å². The first-order valence-corrected chi connectivity index (χ1v) is 7.91. The van der Waals surface area contributed by atoms with Crippen molar-refractivity contribution in [2.24, 2.45) is 5.41 Å². The van der Waals surface area contributed by atoms with Crippen molar-refractivity contribution in [2.75, 3.05) is 0 Å². The standard InChI is InChI=1S/C15H25N3OS/c1-15(2)9-12(8-13(19)10-15)17-18-14(20)16-11-6-4-3-5-7-11/h8,11,17H,3-7,9-10H2,1-2H3,(H2,16,18,20). The van der Waals surface area contributed by atoms with Gasteiger partial charge in [-0.25, -0.2) is 0 Å². The van der Waals surface area contributed by atoms with E-state index in [0.29, 0.717) is 17.6 Å². The molecule has 0 unspecified atom stereocenters. The number of hydrogen-bond donors (Lipinski definition) is 3. The second kappa shape index (κ2) is 6.57. The fraction of sp³-hybridized carbons (Fsp3) is 0.733. The number of nitrogens with one attached hydrogen (secondary N) is 3. The first-order chi connectivity index (χ1) is 9.44. The smallest absolute Gasteiger partial charge is 0.185 e. The molecule has 2 rings (SSSR count). The third-order valence-corrected chi connectivity index (χ3v) is 4.15. The number of carbonyl (C=O) groups excluding carboxylic acids is 1. The zero-order valence-corrected chi connectivity index (χ0v) is 13.2. The summed E-state index contributed by atoms with van der Waals surface area (Å²) in [5, 5.41) is 3.96. The third-order valence-electron chi connectivity index (χ3n) is 3.93. The van der Waals surface area contributed by atoms with Crippen molar-refractivity contribution < 1.29 is 4.79 Å². The molecule has 5 heteroatoms. The van der Waals surface area contributed by atoms with Crippen molar-refractivity contribution in [3.8, 4) is 0 Å². The summed E-state index contributed by atoms with van der Waals surface area (Å²) < 4.78 is 0. The minimum absolute atomic E-state index is 0.0221. The topological polar surface area (TPSA) is 53.2 Å². The van der Waals surface area contributed by atoms with Gasteiger partial charge in [-0.3, -0.25) is 10.2 Å². The molecule has 20 heavy (non-hydrogen) atoms. The summed E-state index contributed by atoms with van der Waals surface area (Å²) in [5.41, 5.74) is 7.03. The van der Waals surface area contributed by atoms with Crippen LogP contribution in [0.5, 0.6) is 0 Å². The predicted octanol–water partition coefficient (Wildman–Crippen LogP) is 2.56. The Bertz CT molecular complexity index is 411. The second-order valence-corrected chi connectivity index (χ2v) is 7.12. The van der Waals surface area contributed by atoms with Crippen LogP contribution in [0.1, 0.15) is 58.8 Å². The number of ketones is 1. The van der Waals surface area contributed by atoms with E-state index in [1.165, 1.54) is 32.1 Å². The highest BCUT2D eigenvalue weighted by atomic mass is 32.1. The molecular weight excluding hydrogens is 270 g/mol. The lowest BCUT2D eigenvalue weighted by molar-refractivity contribution is -0.117. The molecule has 0 aromatic heterocycles. The van der Waals surface area contributed by atoms with E-state index in [1.807, 2.05) is 0 Å². The van der Waals surface area contributed by atoms with Crippen molar-refractivity contribution in [3.63, 3.8) is 0 Å². The SMILES string of the molecule is CC1(C)CC(=O)C=C(NNC(=S)NC2CCCCC2)C1. The minimum Gasteiger partial charge on any atom is -0.359 e. The van der Waals surface area contributed by atoms with E-state index in [4.69, 9.17) is 12.2 Å². The molecule has 0 radical (unpaired) electrons. The van der Waals surface area contributed by atoms with Crippen LogP contribution in [0, 0.1) is 5.41 Å². The molecule has 1 saturated carbocycles. The quantitative estimate of drug-likeness (QED) is 0.552. The molecule has 0 saturated heterocycles. The summed E-state index contributed by atoms with van der Waals surface area (Å²) in [4.78, 5) is 11.7. The molecular formula is C15H25N3OS. The summed E-state index contributed by atoms with van der Waals surface area (Å²) in [6, 6.07) is 0.490. The molecule has 1 fully saturated rings. The molecule has 2 aliphatic carbocycles. The Morgan fingerprint density at radius 1 is 1.25 bits per heavy atom. The average Bonchev–Trinajstić information content (AvgIpc) is 2.35. The first-order valence-electron chi connectivity index (χ1n) is 7.50. The van der Waals surface area contributed by atoms with E-state index >= 15 is 0 Å². The number of rotatable bonds is 3. The Morgan fingerprint density at radius 3 is 2.60 bits per heavy atom. The summed E-state index contributed by atoms with van der Waals surface area (Å²) >= 11 is 5.29. The van der Waals surface area contributed by atoms with Crippen LogP contribution in [-0.4, -0.2) is 16.9 Å². The van der Waals surface area contributed by atoms with Gasteiger partial charge in [0.05, 0.1) is 0 Å². The maximum atomic E-state index is 11.7. The van der Waals surface area contributed by atoms with Crippen LogP contribution in [0.2, 0.25) is 0 Å². The van der Waals surface area contributed by atoms with Gasteiger partial charge in [-0.05, 0) is 36.9 Å². The Morgan fingerprint density at radius 2 is 1.95 bits per heavy atom. The minimum atomic E-state index is 0.0221. The number of thiocarbonyl (C=S) groups is 1. The molecule has 0 atom stereocenters. The molecule has 3 N–H and O–H groups in total. The van der Waals surface area contributed by atoms with Crippen molar-refractivity contribution in [3.05, 3.63) is 11.8 Å². The van der Waals surface area contributed by atoms with Crippen LogP contribution in [0.3, 0.4) is 0 Å². The van der Waals surface area contributed by atoms with E-state index < -0.39 is 0 Å². The molecule has 0 bridgehead atoms. The molecule has 0 amide bonds. The number of carbonyl (C=O) groups is 1. The van der Waals surface area contributed by atoms with Crippen LogP contribution < -0.4 is 16.2 Å². The fourth-order valence-electron chi connectivity index (χ4n) is 3.03. The molecule has 112 valence electrons. The zero-order chi connectivity index (χ0) is 14.6. The average molecular weight is 295 g/mol. The highest BCUT2D eigenvalue weighted by Gasteiger charge is 2.27. The van der Waals surface area contributed by atoms with Crippen molar-refractivity contribution in [1.82, 2.24) is 16.2 Å². The summed E-state index contributed by atoms with van der Waals surface area (Å²) in [5.74, 6) is 0.178.